The summed E-state index contributed by atoms with van der Waals surface area (Å²) >= 11 is 5.94. The molecule has 4 rings (SSSR count). The van der Waals surface area contributed by atoms with Gasteiger partial charge in [-0.05, 0) is 67.6 Å². The van der Waals surface area contributed by atoms with Gasteiger partial charge >= 0.3 is 0 Å². The molecule has 2 fully saturated rings. The number of methoxy groups -OCH3 is 1. The van der Waals surface area contributed by atoms with Crippen molar-refractivity contribution in [2.45, 2.75) is 38.3 Å². The lowest BCUT2D eigenvalue weighted by molar-refractivity contribution is -0.138. The highest BCUT2D eigenvalue weighted by molar-refractivity contribution is 6.30. The highest BCUT2D eigenvalue weighted by Crippen LogP contribution is 2.32. The lowest BCUT2D eigenvalue weighted by Gasteiger charge is -2.35. The van der Waals surface area contributed by atoms with Crippen LogP contribution >= 0.6 is 11.6 Å². The van der Waals surface area contributed by atoms with Crippen molar-refractivity contribution in [2.75, 3.05) is 20.2 Å². The van der Waals surface area contributed by atoms with E-state index in [0.29, 0.717) is 36.3 Å². The Morgan fingerprint density at radius 1 is 1.07 bits per heavy atom. The van der Waals surface area contributed by atoms with E-state index in [1.165, 1.54) is 0 Å². The summed E-state index contributed by atoms with van der Waals surface area (Å²) in [5.41, 5.74) is 1.71. The number of likely N-dealkylation sites (tertiary alicyclic amines) is 1. The molecule has 1 atom stereocenters. The molecule has 0 spiro atoms. The van der Waals surface area contributed by atoms with Gasteiger partial charge in [0.05, 0.1) is 13.0 Å². The molecule has 1 saturated heterocycles. The van der Waals surface area contributed by atoms with Crippen LogP contribution in [0.4, 0.5) is 0 Å². The molecule has 1 saturated carbocycles. The highest BCUT2D eigenvalue weighted by Gasteiger charge is 2.38. The number of benzene rings is 2. The summed E-state index contributed by atoms with van der Waals surface area (Å²) in [6.45, 7) is 1.77. The maximum absolute atomic E-state index is 13.4. The van der Waals surface area contributed by atoms with Crippen LogP contribution in [0.15, 0.2) is 48.5 Å². The number of hydrogen-bond acceptors (Lipinski definition) is 3. The lowest BCUT2D eigenvalue weighted by Crippen LogP contribution is -2.47. The normalized spacial score (nSPS) is 18.7. The number of carbonyl (C=O) groups is 2. The number of rotatable bonds is 6. The minimum absolute atomic E-state index is 0.0303. The summed E-state index contributed by atoms with van der Waals surface area (Å²) in [7, 11) is 1.65. The second-order valence-corrected chi connectivity index (χ2v) is 8.58. The van der Waals surface area contributed by atoms with Gasteiger partial charge in [-0.2, -0.15) is 0 Å². The van der Waals surface area contributed by atoms with Crippen LogP contribution in [0, 0.1) is 5.92 Å². The van der Waals surface area contributed by atoms with E-state index in [9.17, 15) is 9.59 Å². The molecule has 2 aromatic rings. The molecule has 0 radical (unpaired) electrons. The number of ether oxygens (including phenoxy) is 1. The van der Waals surface area contributed by atoms with Gasteiger partial charge in [0.1, 0.15) is 5.75 Å². The predicted molar refractivity (Wildman–Crippen MR) is 117 cm³/mol. The molecule has 30 heavy (non-hydrogen) atoms. The molecule has 2 aliphatic rings. The smallest absolute Gasteiger partial charge is 0.253 e. The maximum Gasteiger partial charge on any atom is 0.253 e. The van der Waals surface area contributed by atoms with E-state index in [-0.39, 0.29) is 17.7 Å². The fourth-order valence-corrected chi connectivity index (χ4v) is 4.20. The van der Waals surface area contributed by atoms with E-state index in [2.05, 4.69) is 0 Å². The Labute approximate surface area is 182 Å². The van der Waals surface area contributed by atoms with Crippen LogP contribution in [-0.4, -0.2) is 47.9 Å². The first kappa shape index (κ1) is 20.7. The highest BCUT2D eigenvalue weighted by atomic mass is 35.5. The lowest BCUT2D eigenvalue weighted by atomic mass is 9.95. The minimum Gasteiger partial charge on any atom is -0.497 e. The Morgan fingerprint density at radius 2 is 1.77 bits per heavy atom. The molecule has 158 valence electrons. The van der Waals surface area contributed by atoms with Gasteiger partial charge in [-0.25, -0.2) is 0 Å². The Bertz CT molecular complexity index is 894. The summed E-state index contributed by atoms with van der Waals surface area (Å²) in [4.78, 5) is 30.1. The van der Waals surface area contributed by atoms with Crippen LogP contribution in [0.3, 0.4) is 0 Å². The zero-order valence-corrected chi connectivity index (χ0v) is 18.0. The molecular weight excluding hydrogens is 400 g/mol. The first-order valence-electron chi connectivity index (χ1n) is 10.5. The monoisotopic (exact) mass is 426 g/mol. The fraction of sp³-hybridized carbons (Fsp3) is 0.417. The maximum atomic E-state index is 13.4. The Kier molecular flexibility index (Phi) is 6.28. The number of carbonyl (C=O) groups excluding carboxylic acids is 2. The SMILES string of the molecule is COc1ccc(CN(C(=O)[C@H]2CCCN(C(=O)c3ccc(Cl)cc3)C2)C2CC2)cc1. The summed E-state index contributed by atoms with van der Waals surface area (Å²) in [5, 5.41) is 0.608. The summed E-state index contributed by atoms with van der Waals surface area (Å²) < 4.78 is 5.23. The summed E-state index contributed by atoms with van der Waals surface area (Å²) in [6.07, 6.45) is 3.79. The van der Waals surface area contributed by atoms with Gasteiger partial charge in [0.25, 0.3) is 5.91 Å². The molecule has 1 heterocycles. The van der Waals surface area contributed by atoms with E-state index in [0.717, 1.165) is 37.0 Å². The third-order valence-electron chi connectivity index (χ3n) is 5.93. The van der Waals surface area contributed by atoms with Crippen molar-refractivity contribution in [1.29, 1.82) is 0 Å². The van der Waals surface area contributed by atoms with Gasteiger partial charge in [0.15, 0.2) is 0 Å². The van der Waals surface area contributed by atoms with Gasteiger partial charge in [-0.3, -0.25) is 9.59 Å². The fourth-order valence-electron chi connectivity index (χ4n) is 4.07. The van der Waals surface area contributed by atoms with Crippen molar-refractivity contribution >= 4 is 23.4 Å². The molecule has 0 aromatic heterocycles. The quantitative estimate of drug-likeness (QED) is 0.688. The third-order valence-corrected chi connectivity index (χ3v) is 6.18. The third kappa shape index (κ3) is 4.78. The molecule has 2 amide bonds. The molecule has 2 aromatic carbocycles. The van der Waals surface area contributed by atoms with Crippen molar-refractivity contribution in [1.82, 2.24) is 9.80 Å². The minimum atomic E-state index is -0.145. The van der Waals surface area contributed by atoms with Gasteiger partial charge < -0.3 is 14.5 Å². The first-order valence-corrected chi connectivity index (χ1v) is 10.9. The number of amides is 2. The van der Waals surface area contributed by atoms with Gasteiger partial charge in [0.2, 0.25) is 5.91 Å². The van der Waals surface area contributed by atoms with E-state index in [1.807, 2.05) is 34.1 Å². The largest absolute Gasteiger partial charge is 0.497 e. The van der Waals surface area contributed by atoms with E-state index in [4.69, 9.17) is 16.3 Å². The average Bonchev–Trinajstić information content (AvgIpc) is 3.63. The number of nitrogens with zero attached hydrogens (tertiary/aromatic N) is 2. The Morgan fingerprint density at radius 3 is 2.40 bits per heavy atom. The van der Waals surface area contributed by atoms with E-state index < -0.39 is 0 Å². The molecule has 1 aliphatic heterocycles. The average molecular weight is 427 g/mol. The number of hydrogen-bond donors (Lipinski definition) is 0. The number of halogens is 1. The van der Waals surface area contributed by atoms with Crippen molar-refractivity contribution in [3.63, 3.8) is 0 Å². The van der Waals surface area contributed by atoms with Crippen molar-refractivity contribution in [3.05, 3.63) is 64.7 Å². The molecular formula is C24H27ClN2O3. The second-order valence-electron chi connectivity index (χ2n) is 8.14. The van der Waals surface area contributed by atoms with Gasteiger partial charge in [0, 0.05) is 36.3 Å². The Balaban J connectivity index is 1.43. The second kappa shape index (κ2) is 9.09. The molecule has 0 N–H and O–H groups in total. The van der Waals surface area contributed by atoms with Gasteiger partial charge in [-0.1, -0.05) is 23.7 Å². The van der Waals surface area contributed by atoms with Crippen molar-refractivity contribution in [2.24, 2.45) is 5.92 Å². The van der Waals surface area contributed by atoms with Crippen LogP contribution in [0.1, 0.15) is 41.6 Å². The van der Waals surface area contributed by atoms with Crippen LogP contribution < -0.4 is 4.74 Å². The first-order chi connectivity index (χ1) is 14.5. The zero-order chi connectivity index (χ0) is 21.1. The van der Waals surface area contributed by atoms with Gasteiger partial charge in [-0.15, -0.1) is 0 Å². The zero-order valence-electron chi connectivity index (χ0n) is 17.2. The molecule has 6 heteroatoms. The molecule has 0 unspecified atom stereocenters. The predicted octanol–water partition coefficient (Wildman–Crippen LogP) is 4.39. The topological polar surface area (TPSA) is 49.9 Å². The molecule has 0 bridgehead atoms. The van der Waals surface area contributed by atoms with E-state index in [1.54, 1.807) is 31.4 Å². The van der Waals surface area contributed by atoms with Crippen LogP contribution in [0.2, 0.25) is 5.02 Å². The molecule has 5 nitrogen and oxygen atoms in total. The van der Waals surface area contributed by atoms with Crippen LogP contribution in [-0.2, 0) is 11.3 Å². The summed E-state index contributed by atoms with van der Waals surface area (Å²) in [5.74, 6) is 0.805. The van der Waals surface area contributed by atoms with Crippen LogP contribution in [0.5, 0.6) is 5.75 Å². The number of piperidine rings is 1. The van der Waals surface area contributed by atoms with Crippen LogP contribution in [0.25, 0.3) is 0 Å². The van der Waals surface area contributed by atoms with Crippen molar-refractivity contribution < 1.29 is 14.3 Å². The summed E-state index contributed by atoms with van der Waals surface area (Å²) in [6, 6.07) is 15.2. The molecule has 1 aliphatic carbocycles. The van der Waals surface area contributed by atoms with Crippen molar-refractivity contribution in [3.8, 4) is 5.75 Å². The van der Waals surface area contributed by atoms with E-state index >= 15 is 0 Å². The standard InChI is InChI=1S/C24H27ClN2O3/c1-30-22-12-4-17(5-13-22)15-27(21-10-11-21)24(29)19-3-2-14-26(16-19)23(28)18-6-8-20(25)9-7-18/h4-9,12-13,19,21H,2-3,10-11,14-16H2,1H3/t19-/m0/s1. The Hall–Kier alpha value is -2.53.